The molecule has 1 atom stereocenters. The molecule has 0 saturated heterocycles. The molecule has 9 nitrogen and oxygen atoms in total. The smallest absolute Gasteiger partial charge is 0.355 e. The zero-order valence-corrected chi connectivity index (χ0v) is 24.0. The van der Waals surface area contributed by atoms with Crippen LogP contribution in [-0.2, 0) is 27.5 Å². The van der Waals surface area contributed by atoms with Gasteiger partial charge in [-0.2, -0.15) is 9.65 Å². The van der Waals surface area contributed by atoms with Crippen molar-refractivity contribution in [3.63, 3.8) is 0 Å². The molecule has 218 valence electrons. The Morgan fingerprint density at radius 1 is 1.19 bits per heavy atom. The molecule has 3 heterocycles. The highest BCUT2D eigenvalue weighted by Crippen LogP contribution is 2.39. The average Bonchev–Trinajstić information content (AvgIpc) is 3.51. The quantitative estimate of drug-likeness (QED) is 0.193. The van der Waals surface area contributed by atoms with Crippen LogP contribution in [0.4, 0.5) is 8.78 Å². The lowest BCUT2D eigenvalue weighted by Crippen LogP contribution is -2.22. The van der Waals surface area contributed by atoms with Crippen LogP contribution in [0.1, 0.15) is 52.1 Å². The summed E-state index contributed by atoms with van der Waals surface area (Å²) in [6.07, 6.45) is 5.56. The zero-order chi connectivity index (χ0) is 29.6. The summed E-state index contributed by atoms with van der Waals surface area (Å²) in [5.41, 5.74) is 4.57. The average molecular weight is 613 g/mol. The molecule has 2 aromatic carbocycles. The van der Waals surface area contributed by atoms with Crippen LogP contribution in [0.3, 0.4) is 0 Å². The third kappa shape index (κ3) is 5.83. The Bertz CT molecular complexity index is 1770. The van der Waals surface area contributed by atoms with E-state index in [4.69, 9.17) is 10.2 Å². The van der Waals surface area contributed by atoms with Crippen molar-refractivity contribution in [1.82, 2.24) is 20.1 Å². The van der Waals surface area contributed by atoms with Crippen molar-refractivity contribution in [3.8, 4) is 16.4 Å². The number of aromatic carboxylic acids is 1. The van der Waals surface area contributed by atoms with Crippen LogP contribution in [0.2, 0.25) is 0 Å². The van der Waals surface area contributed by atoms with Gasteiger partial charge < -0.3 is 10.4 Å². The maximum Gasteiger partial charge on any atom is 0.355 e. The van der Waals surface area contributed by atoms with Crippen LogP contribution < -0.4 is 10.5 Å². The number of halogens is 2. The first-order chi connectivity index (χ1) is 20.1. The molecule has 0 radical (unpaired) electrons. The van der Waals surface area contributed by atoms with Crippen molar-refractivity contribution in [3.05, 3.63) is 87.6 Å². The second-order valence-corrected chi connectivity index (χ2v) is 13.0. The Morgan fingerprint density at radius 3 is 2.64 bits per heavy atom. The van der Waals surface area contributed by atoms with Gasteiger partial charge in [0.1, 0.15) is 5.82 Å². The number of carboxylic acids is 1. The van der Waals surface area contributed by atoms with Crippen LogP contribution in [0.15, 0.2) is 52.7 Å². The number of thiazole rings is 1. The Kier molecular flexibility index (Phi) is 7.62. The van der Waals surface area contributed by atoms with Crippen molar-refractivity contribution >= 4 is 33.3 Å². The fraction of sp³-hybridized carbons (Fsp3) is 0.276. The van der Waals surface area contributed by atoms with Crippen LogP contribution >= 0.6 is 11.3 Å². The van der Waals surface area contributed by atoms with Crippen molar-refractivity contribution in [1.29, 1.82) is 0 Å². The van der Waals surface area contributed by atoms with E-state index in [1.165, 1.54) is 23.6 Å². The monoisotopic (exact) mass is 612 g/mol. The third-order valence-corrected chi connectivity index (χ3v) is 9.28. The predicted molar refractivity (Wildman–Crippen MR) is 156 cm³/mol. The summed E-state index contributed by atoms with van der Waals surface area (Å²) < 4.78 is 53.2. The highest BCUT2D eigenvalue weighted by Gasteiger charge is 2.31. The summed E-state index contributed by atoms with van der Waals surface area (Å²) in [5.74, 6) is -1.98. The van der Waals surface area contributed by atoms with E-state index in [9.17, 15) is 23.1 Å². The molecule has 1 fully saturated rings. The molecule has 1 aliphatic carbocycles. The van der Waals surface area contributed by atoms with E-state index in [-0.39, 0.29) is 17.9 Å². The van der Waals surface area contributed by atoms with Gasteiger partial charge in [0.2, 0.25) is 10.0 Å². The Balaban J connectivity index is 1.52. The van der Waals surface area contributed by atoms with E-state index in [2.05, 4.69) is 10.3 Å². The molecule has 4 aromatic rings. The van der Waals surface area contributed by atoms with Gasteiger partial charge in [0, 0.05) is 41.1 Å². The number of carbonyl (C=O) groups is 1. The van der Waals surface area contributed by atoms with E-state index < -0.39 is 27.1 Å². The molecule has 42 heavy (non-hydrogen) atoms. The molecular weight excluding hydrogens is 584 g/mol. The number of hydrogen-bond acceptors (Lipinski definition) is 6. The van der Waals surface area contributed by atoms with Gasteiger partial charge in [0.25, 0.3) is 0 Å². The Labute approximate surface area is 245 Å². The Hall–Kier alpha value is -3.62. The molecular formula is C29H28F2N5O4S2+. The van der Waals surface area contributed by atoms with Gasteiger partial charge in [-0.25, -0.2) is 23.2 Å². The lowest BCUT2D eigenvalue weighted by Gasteiger charge is -2.16. The van der Waals surface area contributed by atoms with Crippen molar-refractivity contribution in [2.45, 2.75) is 37.0 Å². The van der Waals surface area contributed by atoms with Gasteiger partial charge in [0.05, 0.1) is 11.4 Å². The second-order valence-electron chi connectivity index (χ2n) is 10.5. The molecule has 1 unspecified atom stereocenters. The summed E-state index contributed by atoms with van der Waals surface area (Å²) in [5, 5.41) is 24.7. The maximum atomic E-state index is 15.1. The number of aromatic nitrogens is 3. The van der Waals surface area contributed by atoms with E-state index in [1.807, 2.05) is 6.08 Å². The highest BCUT2D eigenvalue weighted by molar-refractivity contribution is 7.95. The Morgan fingerprint density at radius 2 is 2.00 bits per heavy atom. The zero-order valence-electron chi connectivity index (χ0n) is 22.3. The molecule has 5 N–H and O–H groups in total. The molecule has 1 aliphatic heterocycles. The molecule has 0 bridgehead atoms. The number of carboxylic acid groups (broad SMARTS) is 1. The number of hydrogen-bond donors (Lipinski definition) is 4. The topological polar surface area (TPSA) is 143 Å². The number of nitrogens with two attached hydrogens (primary N) is 1. The first kappa shape index (κ1) is 28.5. The lowest BCUT2D eigenvalue weighted by molar-refractivity contribution is 0.0691. The molecule has 2 aromatic heterocycles. The SMILES string of the molecule is N[S+](=O)(O)c1ccc(Cc2c(-c3ccc(F)c(C4=CCNCC4)c3)nn(-c3nc(C(=O)O)cs3)c2CC2CC2)cc1F. The van der Waals surface area contributed by atoms with E-state index in [0.717, 1.165) is 47.6 Å². The summed E-state index contributed by atoms with van der Waals surface area (Å²) in [4.78, 5) is 15.4. The fourth-order valence-corrected chi connectivity index (χ4v) is 6.58. The first-order valence-corrected chi connectivity index (χ1v) is 15.9. The van der Waals surface area contributed by atoms with E-state index in [0.29, 0.717) is 52.8 Å². The summed E-state index contributed by atoms with van der Waals surface area (Å²) in [7, 11) is -3.99. The standard InChI is InChI=1S/C29H27F2N5O4S2/c30-22-5-4-19(14-20(22)18-7-9-33-10-8-18)27-21(11-17-3-6-26(23(31)12-17)42(32,39)40)25(13-16-1-2-16)36(35-27)29-34-24(15-41-29)28(37)38/h3-7,12,14-16,33H,1-2,8-11,13H2,(H3-,32,37,38,39,40)/p+1. The molecule has 0 spiro atoms. The molecule has 13 heteroatoms. The van der Waals surface area contributed by atoms with Crippen molar-refractivity contribution < 1.29 is 27.4 Å². The lowest BCUT2D eigenvalue weighted by atomic mass is 9.93. The highest BCUT2D eigenvalue weighted by atomic mass is 32.3. The van der Waals surface area contributed by atoms with Crippen LogP contribution in [0.25, 0.3) is 22.0 Å². The molecule has 6 rings (SSSR count). The predicted octanol–water partition coefficient (Wildman–Crippen LogP) is 5.10. The van der Waals surface area contributed by atoms with Crippen molar-refractivity contribution in [2.75, 3.05) is 13.1 Å². The molecule has 2 aliphatic rings. The number of nitrogens with one attached hydrogen (secondary N) is 1. The minimum Gasteiger partial charge on any atom is -0.476 e. The minimum absolute atomic E-state index is 0.0973. The number of nitrogens with zero attached hydrogens (tertiary/aromatic N) is 3. The molecule has 0 amide bonds. The van der Waals surface area contributed by atoms with Crippen molar-refractivity contribution in [2.24, 2.45) is 11.1 Å². The summed E-state index contributed by atoms with van der Waals surface area (Å²) in [6, 6.07) is 8.77. The van der Waals surface area contributed by atoms with Gasteiger partial charge in [-0.05, 0) is 77.8 Å². The number of rotatable bonds is 9. The minimum atomic E-state index is -3.99. The van der Waals surface area contributed by atoms with Gasteiger partial charge in [0.15, 0.2) is 11.5 Å². The van der Waals surface area contributed by atoms with Gasteiger partial charge in [-0.1, -0.05) is 12.1 Å². The van der Waals surface area contributed by atoms with Crippen LogP contribution in [-0.4, -0.2) is 43.5 Å². The van der Waals surface area contributed by atoms with Gasteiger partial charge >= 0.3 is 16.4 Å². The van der Waals surface area contributed by atoms with Gasteiger partial charge in [-0.3, -0.25) is 0 Å². The van der Waals surface area contributed by atoms with E-state index in [1.54, 1.807) is 22.9 Å². The summed E-state index contributed by atoms with van der Waals surface area (Å²) in [6.45, 7) is 1.38. The van der Waals surface area contributed by atoms with Crippen LogP contribution in [0, 0.1) is 17.6 Å². The van der Waals surface area contributed by atoms with E-state index >= 15 is 4.39 Å². The maximum absolute atomic E-state index is 15.1. The van der Waals surface area contributed by atoms with Crippen LogP contribution in [0.5, 0.6) is 0 Å². The largest absolute Gasteiger partial charge is 0.476 e. The third-order valence-electron chi connectivity index (χ3n) is 7.50. The number of benzene rings is 2. The second kappa shape index (κ2) is 11.2. The summed E-state index contributed by atoms with van der Waals surface area (Å²) >= 11 is 1.15. The molecule has 1 saturated carbocycles. The normalized spacial score (nSPS) is 16.7. The van der Waals surface area contributed by atoms with Gasteiger partial charge in [-0.15, -0.1) is 16.5 Å². The first-order valence-electron chi connectivity index (χ1n) is 13.4. The fourth-order valence-electron chi connectivity index (χ4n) is 5.21.